The summed E-state index contributed by atoms with van der Waals surface area (Å²) in [4.78, 5) is 14.7. The molecule has 27 heavy (non-hydrogen) atoms. The van der Waals surface area contributed by atoms with Crippen LogP contribution in [0.15, 0.2) is 46.0 Å². The molecule has 3 rings (SSSR count). The molecule has 2 heterocycles. The van der Waals surface area contributed by atoms with Crippen molar-refractivity contribution >= 4 is 45.4 Å². The minimum Gasteiger partial charge on any atom is -0.338 e. The van der Waals surface area contributed by atoms with E-state index in [9.17, 15) is 13.2 Å². The number of carbonyl (C=O) groups excluding carboxylic acids is 1. The summed E-state index contributed by atoms with van der Waals surface area (Å²) in [5.41, 5.74) is 0.898. The maximum absolute atomic E-state index is 12.8. The molecule has 148 valence electrons. The van der Waals surface area contributed by atoms with Crippen LogP contribution in [0.4, 0.5) is 5.69 Å². The highest BCUT2D eigenvalue weighted by molar-refractivity contribution is 7.94. The first kappa shape index (κ1) is 21.7. The van der Waals surface area contributed by atoms with Crippen molar-refractivity contribution in [2.75, 3.05) is 31.4 Å². The van der Waals surface area contributed by atoms with Crippen molar-refractivity contribution in [3.05, 3.63) is 47.3 Å². The zero-order chi connectivity index (χ0) is 18.6. The third-order valence-electron chi connectivity index (χ3n) is 4.42. The summed E-state index contributed by atoms with van der Waals surface area (Å²) in [6.45, 7) is 2.36. The fourth-order valence-corrected chi connectivity index (χ4v) is 5.27. The van der Waals surface area contributed by atoms with Crippen molar-refractivity contribution in [3.8, 4) is 0 Å². The van der Waals surface area contributed by atoms with E-state index in [1.54, 1.807) is 41.8 Å². The molecule has 1 aliphatic heterocycles. The van der Waals surface area contributed by atoms with Gasteiger partial charge in [-0.1, -0.05) is 12.1 Å². The monoisotopic (exact) mass is 429 g/mol. The largest absolute Gasteiger partial charge is 0.338 e. The van der Waals surface area contributed by atoms with E-state index in [1.807, 2.05) is 11.9 Å². The van der Waals surface area contributed by atoms with Gasteiger partial charge in [-0.2, -0.15) is 0 Å². The minimum absolute atomic E-state index is 0. The summed E-state index contributed by atoms with van der Waals surface area (Å²) in [6, 6.07) is 9.94. The van der Waals surface area contributed by atoms with E-state index in [4.69, 9.17) is 0 Å². The molecule has 1 saturated heterocycles. The fourth-order valence-electron chi connectivity index (χ4n) is 3.22. The molecule has 0 aliphatic carbocycles. The molecule has 2 aromatic rings. The summed E-state index contributed by atoms with van der Waals surface area (Å²) < 4.78 is 27.5. The Labute approximate surface area is 170 Å². The first-order valence-corrected chi connectivity index (χ1v) is 11.0. The average molecular weight is 430 g/mol. The number of thiophene rings is 1. The number of likely N-dealkylation sites (tertiary alicyclic amines) is 1. The van der Waals surface area contributed by atoms with Crippen molar-refractivity contribution in [2.24, 2.45) is 5.92 Å². The van der Waals surface area contributed by atoms with Crippen LogP contribution < -0.4 is 10.0 Å². The third-order valence-corrected chi connectivity index (χ3v) is 7.20. The zero-order valence-electron chi connectivity index (χ0n) is 15.1. The molecule has 1 aromatic heterocycles. The zero-order valence-corrected chi connectivity index (χ0v) is 17.5. The molecule has 0 saturated carbocycles. The molecule has 1 amide bonds. The van der Waals surface area contributed by atoms with Crippen molar-refractivity contribution < 1.29 is 13.2 Å². The van der Waals surface area contributed by atoms with Crippen LogP contribution in [0.3, 0.4) is 0 Å². The number of rotatable bonds is 6. The lowest BCUT2D eigenvalue weighted by atomic mass is 9.97. The van der Waals surface area contributed by atoms with Gasteiger partial charge in [-0.3, -0.25) is 9.52 Å². The number of hydrogen-bond donors (Lipinski definition) is 2. The number of nitrogens with zero attached hydrogens (tertiary/aromatic N) is 1. The lowest BCUT2D eigenvalue weighted by Gasteiger charge is -2.32. The number of hydrogen-bond acceptors (Lipinski definition) is 5. The molecular weight excluding hydrogens is 406 g/mol. The van der Waals surface area contributed by atoms with Gasteiger partial charge in [0.15, 0.2) is 0 Å². The molecule has 1 atom stereocenters. The summed E-state index contributed by atoms with van der Waals surface area (Å²) in [5.74, 6) is 0.404. The third kappa shape index (κ3) is 5.44. The molecule has 0 bridgehead atoms. The molecule has 1 aliphatic rings. The van der Waals surface area contributed by atoms with Gasteiger partial charge < -0.3 is 10.2 Å². The van der Waals surface area contributed by atoms with Crippen LogP contribution in [0.2, 0.25) is 0 Å². The Kier molecular flexibility index (Phi) is 7.67. The second-order valence-corrected chi connectivity index (χ2v) is 9.29. The average Bonchev–Trinajstić information content (AvgIpc) is 3.17. The summed E-state index contributed by atoms with van der Waals surface area (Å²) >= 11 is 1.16. The normalized spacial score (nSPS) is 17.2. The first-order valence-electron chi connectivity index (χ1n) is 8.60. The summed E-state index contributed by atoms with van der Waals surface area (Å²) in [5, 5.41) is 4.89. The molecule has 0 spiro atoms. The molecule has 6 nitrogen and oxygen atoms in total. The number of halogens is 1. The van der Waals surface area contributed by atoms with Crippen LogP contribution in [0.5, 0.6) is 0 Å². The van der Waals surface area contributed by atoms with Crippen LogP contribution in [0.25, 0.3) is 0 Å². The second kappa shape index (κ2) is 9.54. The van der Waals surface area contributed by atoms with E-state index in [1.165, 1.54) is 0 Å². The van der Waals surface area contributed by atoms with Gasteiger partial charge in [-0.25, -0.2) is 8.42 Å². The van der Waals surface area contributed by atoms with Gasteiger partial charge in [0.2, 0.25) is 0 Å². The summed E-state index contributed by atoms with van der Waals surface area (Å²) in [7, 11) is -1.70. The lowest BCUT2D eigenvalue weighted by Crippen LogP contribution is -2.42. The number of nitrogens with one attached hydrogen (secondary N) is 2. The predicted octanol–water partition coefficient (Wildman–Crippen LogP) is 3.04. The Morgan fingerprint density at radius 3 is 2.81 bits per heavy atom. The number of benzene rings is 1. The van der Waals surface area contributed by atoms with Gasteiger partial charge in [-0.15, -0.1) is 23.7 Å². The van der Waals surface area contributed by atoms with Crippen LogP contribution in [0, 0.1) is 5.92 Å². The standard InChI is InChI=1S/C18H23N3O3S2.ClH/c1-19-12-14-5-3-9-21(13-14)18(22)15-6-2-7-16(11-15)20-26(23,24)17-8-4-10-25-17;/h2,4,6-8,10-11,14,19-20H,3,5,9,12-13H2,1H3;1H. The van der Waals surface area contributed by atoms with E-state index in [0.717, 1.165) is 43.8 Å². The number of sulfonamides is 1. The quantitative estimate of drug-likeness (QED) is 0.739. The van der Waals surface area contributed by atoms with E-state index >= 15 is 0 Å². The number of piperidine rings is 1. The number of carbonyl (C=O) groups is 1. The van der Waals surface area contributed by atoms with E-state index in [0.29, 0.717) is 17.2 Å². The molecule has 1 aromatic carbocycles. The van der Waals surface area contributed by atoms with Crippen molar-refractivity contribution in [1.82, 2.24) is 10.2 Å². The van der Waals surface area contributed by atoms with Crippen molar-refractivity contribution in [3.63, 3.8) is 0 Å². The van der Waals surface area contributed by atoms with Gasteiger partial charge in [0, 0.05) is 24.3 Å². The molecular formula is C18H24ClN3O3S2. The summed E-state index contributed by atoms with van der Waals surface area (Å²) in [6.07, 6.45) is 2.11. The Bertz CT molecular complexity index is 854. The van der Waals surface area contributed by atoms with Gasteiger partial charge in [0.1, 0.15) is 4.21 Å². The smallest absolute Gasteiger partial charge is 0.271 e. The molecule has 1 unspecified atom stereocenters. The maximum atomic E-state index is 12.8. The fraction of sp³-hybridized carbons (Fsp3) is 0.389. The second-order valence-electron chi connectivity index (χ2n) is 6.44. The molecule has 0 radical (unpaired) electrons. The Hall–Kier alpha value is -1.61. The highest BCUT2D eigenvalue weighted by atomic mass is 35.5. The number of anilines is 1. The SMILES string of the molecule is CNCC1CCCN(C(=O)c2cccc(NS(=O)(=O)c3cccs3)c2)C1.Cl. The van der Waals surface area contributed by atoms with Crippen molar-refractivity contribution in [2.45, 2.75) is 17.1 Å². The molecule has 9 heteroatoms. The van der Waals surface area contributed by atoms with Gasteiger partial charge in [0.05, 0.1) is 0 Å². The van der Waals surface area contributed by atoms with Crippen LogP contribution in [-0.4, -0.2) is 45.9 Å². The van der Waals surface area contributed by atoms with Gasteiger partial charge in [0.25, 0.3) is 15.9 Å². The van der Waals surface area contributed by atoms with Crippen LogP contribution in [0.1, 0.15) is 23.2 Å². The Morgan fingerprint density at radius 2 is 2.11 bits per heavy atom. The maximum Gasteiger partial charge on any atom is 0.271 e. The Balaban J connectivity index is 0.00000261. The molecule has 2 N–H and O–H groups in total. The topological polar surface area (TPSA) is 78.5 Å². The van der Waals surface area contributed by atoms with E-state index < -0.39 is 10.0 Å². The van der Waals surface area contributed by atoms with Gasteiger partial charge >= 0.3 is 0 Å². The lowest BCUT2D eigenvalue weighted by molar-refractivity contribution is 0.0674. The van der Waals surface area contributed by atoms with Crippen LogP contribution >= 0.6 is 23.7 Å². The number of amides is 1. The molecule has 1 fully saturated rings. The van der Waals surface area contributed by atoms with Crippen LogP contribution in [-0.2, 0) is 10.0 Å². The minimum atomic E-state index is -3.62. The highest BCUT2D eigenvalue weighted by Gasteiger charge is 2.24. The van der Waals surface area contributed by atoms with E-state index in [2.05, 4.69) is 10.0 Å². The highest BCUT2D eigenvalue weighted by Crippen LogP contribution is 2.23. The predicted molar refractivity (Wildman–Crippen MR) is 111 cm³/mol. The van der Waals surface area contributed by atoms with Gasteiger partial charge in [-0.05, 0) is 62.0 Å². The Morgan fingerprint density at radius 1 is 1.30 bits per heavy atom. The van der Waals surface area contributed by atoms with E-state index in [-0.39, 0.29) is 22.5 Å². The first-order chi connectivity index (χ1) is 12.5. The van der Waals surface area contributed by atoms with Crippen molar-refractivity contribution in [1.29, 1.82) is 0 Å².